The summed E-state index contributed by atoms with van der Waals surface area (Å²) in [4.78, 5) is 26.0. The maximum Gasteiger partial charge on any atom is 0.238 e. The Morgan fingerprint density at radius 1 is 1.31 bits per heavy atom. The highest BCUT2D eigenvalue weighted by Gasteiger charge is 2.35. The number of nitrogens with zero attached hydrogens (tertiary/aromatic N) is 2. The fourth-order valence-corrected chi connectivity index (χ4v) is 3.24. The number of ether oxygens (including phenoxy) is 1. The van der Waals surface area contributed by atoms with Crippen LogP contribution in [0.4, 0.5) is 5.69 Å². The molecule has 0 spiro atoms. The highest BCUT2D eigenvalue weighted by molar-refractivity contribution is 6.31. The number of anilines is 1. The van der Waals surface area contributed by atoms with Crippen LogP contribution in [0.25, 0.3) is 0 Å². The molecule has 8 heteroatoms. The van der Waals surface area contributed by atoms with Crippen molar-refractivity contribution in [3.63, 3.8) is 0 Å². The van der Waals surface area contributed by atoms with E-state index in [2.05, 4.69) is 16.7 Å². The average Bonchev–Trinajstić information content (AvgIpc) is 3.03. The maximum atomic E-state index is 12.2. The number of benzene rings is 1. The van der Waals surface area contributed by atoms with Crippen molar-refractivity contribution in [3.8, 4) is 11.8 Å². The van der Waals surface area contributed by atoms with Gasteiger partial charge in [-0.2, -0.15) is 5.26 Å². The second-order valence-electron chi connectivity index (χ2n) is 6.51. The molecule has 1 fully saturated rings. The predicted octanol–water partition coefficient (Wildman–Crippen LogP) is 2.17. The molecule has 2 amide bonds. The summed E-state index contributed by atoms with van der Waals surface area (Å²) in [6.45, 7) is 0.0478. The van der Waals surface area contributed by atoms with Crippen LogP contribution in [0.5, 0.6) is 5.75 Å². The van der Waals surface area contributed by atoms with Gasteiger partial charge in [-0.05, 0) is 50.9 Å². The van der Waals surface area contributed by atoms with Crippen LogP contribution in [-0.4, -0.2) is 49.5 Å². The molecule has 1 aromatic rings. The first-order chi connectivity index (χ1) is 12.4. The van der Waals surface area contributed by atoms with Crippen LogP contribution in [0.15, 0.2) is 18.2 Å². The Kier molecular flexibility index (Phi) is 6.83. The summed E-state index contributed by atoms with van der Waals surface area (Å²) in [5, 5.41) is 15.3. The lowest BCUT2D eigenvalue weighted by Crippen LogP contribution is -2.49. The molecule has 1 saturated carbocycles. The predicted molar refractivity (Wildman–Crippen MR) is 99.1 cm³/mol. The normalized spacial score (nSPS) is 15.3. The number of rotatable bonds is 7. The number of hydrogen-bond acceptors (Lipinski definition) is 5. The first kappa shape index (κ1) is 20.0. The first-order valence-corrected chi connectivity index (χ1v) is 8.79. The minimum atomic E-state index is -0.756. The monoisotopic (exact) mass is 378 g/mol. The number of methoxy groups -OCH3 is 1. The molecule has 0 aliphatic heterocycles. The Bertz CT molecular complexity index is 711. The van der Waals surface area contributed by atoms with Crippen molar-refractivity contribution in [2.75, 3.05) is 32.6 Å². The highest BCUT2D eigenvalue weighted by atomic mass is 35.5. The summed E-state index contributed by atoms with van der Waals surface area (Å²) in [6, 6.07) is 7.15. The van der Waals surface area contributed by atoms with Crippen LogP contribution in [0.3, 0.4) is 0 Å². The fraction of sp³-hybridized carbons (Fsp3) is 0.500. The van der Waals surface area contributed by atoms with E-state index in [1.54, 1.807) is 30.1 Å². The summed E-state index contributed by atoms with van der Waals surface area (Å²) in [6.07, 6.45) is 3.23. The average molecular weight is 379 g/mol. The van der Waals surface area contributed by atoms with Crippen LogP contribution in [-0.2, 0) is 9.59 Å². The van der Waals surface area contributed by atoms with Crippen molar-refractivity contribution in [2.24, 2.45) is 0 Å². The zero-order chi connectivity index (χ0) is 19.2. The molecule has 0 bridgehead atoms. The molecular weight excluding hydrogens is 356 g/mol. The Labute approximate surface area is 158 Å². The smallest absolute Gasteiger partial charge is 0.238 e. The maximum absolute atomic E-state index is 12.2. The molecular formula is C18H23ClN4O3. The molecule has 2 rings (SSSR count). The minimum absolute atomic E-state index is 0.0165. The van der Waals surface area contributed by atoms with E-state index in [1.807, 2.05) is 0 Å². The Balaban J connectivity index is 1.86. The van der Waals surface area contributed by atoms with E-state index < -0.39 is 5.54 Å². The molecule has 1 aliphatic rings. The molecule has 0 atom stereocenters. The summed E-state index contributed by atoms with van der Waals surface area (Å²) in [5.41, 5.74) is -0.286. The summed E-state index contributed by atoms with van der Waals surface area (Å²) in [5.74, 6) is -0.0545. The van der Waals surface area contributed by atoms with Crippen LogP contribution in [0.1, 0.15) is 25.7 Å². The number of amides is 2. The third-order valence-corrected chi connectivity index (χ3v) is 4.55. The van der Waals surface area contributed by atoms with Crippen molar-refractivity contribution in [2.45, 2.75) is 31.2 Å². The van der Waals surface area contributed by atoms with Gasteiger partial charge in [0.25, 0.3) is 0 Å². The van der Waals surface area contributed by atoms with Gasteiger partial charge < -0.3 is 15.4 Å². The standard InChI is InChI=1S/C18H23ClN4O3/c1-23(11-17(25)22-18(12-20)7-3-4-8-18)10-16(24)21-14-9-13(19)5-6-15(14)26-2/h5-6,9H,3-4,7-8,10-11H2,1-2H3,(H,21,24)(H,22,25). The quantitative estimate of drug-likeness (QED) is 0.758. The summed E-state index contributed by atoms with van der Waals surface area (Å²) >= 11 is 5.94. The van der Waals surface area contributed by atoms with Gasteiger partial charge in [-0.15, -0.1) is 0 Å². The molecule has 0 unspecified atom stereocenters. The number of nitriles is 1. The molecule has 0 heterocycles. The summed E-state index contributed by atoms with van der Waals surface area (Å²) < 4.78 is 5.19. The Morgan fingerprint density at radius 2 is 1.96 bits per heavy atom. The van der Waals surface area contributed by atoms with Crippen molar-refractivity contribution in [1.29, 1.82) is 5.26 Å². The van der Waals surface area contributed by atoms with Crippen LogP contribution < -0.4 is 15.4 Å². The number of carbonyl (C=O) groups excluding carboxylic acids is 2. The minimum Gasteiger partial charge on any atom is -0.495 e. The van der Waals surface area contributed by atoms with Crippen molar-refractivity contribution in [1.82, 2.24) is 10.2 Å². The van der Waals surface area contributed by atoms with Crippen LogP contribution >= 0.6 is 11.6 Å². The van der Waals surface area contributed by atoms with Crippen molar-refractivity contribution < 1.29 is 14.3 Å². The molecule has 1 aliphatic carbocycles. The van der Waals surface area contributed by atoms with E-state index in [4.69, 9.17) is 16.3 Å². The number of halogens is 1. The molecule has 1 aromatic carbocycles. The van der Waals surface area contributed by atoms with E-state index in [0.717, 1.165) is 12.8 Å². The summed E-state index contributed by atoms with van der Waals surface area (Å²) in [7, 11) is 3.17. The molecule has 0 radical (unpaired) electrons. The van der Waals surface area contributed by atoms with E-state index in [1.165, 1.54) is 7.11 Å². The number of nitrogens with one attached hydrogen (secondary N) is 2. The van der Waals surface area contributed by atoms with Gasteiger partial charge in [-0.1, -0.05) is 11.6 Å². The van der Waals surface area contributed by atoms with Crippen molar-refractivity contribution in [3.05, 3.63) is 23.2 Å². The molecule has 0 saturated heterocycles. The Morgan fingerprint density at radius 3 is 2.58 bits per heavy atom. The van der Waals surface area contributed by atoms with E-state index >= 15 is 0 Å². The number of likely N-dealkylation sites (N-methyl/N-ethyl adjacent to an activating group) is 1. The topological polar surface area (TPSA) is 94.5 Å². The van der Waals surface area contributed by atoms with E-state index in [0.29, 0.717) is 29.3 Å². The third kappa shape index (κ3) is 5.35. The van der Waals surface area contributed by atoms with Gasteiger partial charge in [-0.3, -0.25) is 14.5 Å². The second-order valence-corrected chi connectivity index (χ2v) is 6.95. The van der Waals surface area contributed by atoms with Gasteiger partial charge in [0, 0.05) is 5.02 Å². The van der Waals surface area contributed by atoms with Crippen LogP contribution in [0, 0.1) is 11.3 Å². The third-order valence-electron chi connectivity index (χ3n) is 4.31. The molecule has 7 nitrogen and oxygen atoms in total. The van der Waals surface area contributed by atoms with Gasteiger partial charge in [0.1, 0.15) is 11.3 Å². The fourth-order valence-electron chi connectivity index (χ4n) is 3.06. The second kappa shape index (κ2) is 8.88. The zero-order valence-corrected chi connectivity index (χ0v) is 15.7. The van der Waals surface area contributed by atoms with Crippen LogP contribution in [0.2, 0.25) is 5.02 Å². The lowest BCUT2D eigenvalue weighted by molar-refractivity contribution is -0.124. The molecule has 0 aromatic heterocycles. The lowest BCUT2D eigenvalue weighted by atomic mass is 10.00. The van der Waals surface area contributed by atoms with E-state index in [9.17, 15) is 14.9 Å². The molecule has 2 N–H and O–H groups in total. The number of carbonyl (C=O) groups is 2. The highest BCUT2D eigenvalue weighted by Crippen LogP contribution is 2.29. The molecule has 26 heavy (non-hydrogen) atoms. The van der Waals surface area contributed by atoms with Gasteiger partial charge >= 0.3 is 0 Å². The van der Waals surface area contributed by atoms with Gasteiger partial charge in [0.2, 0.25) is 11.8 Å². The molecule has 140 valence electrons. The van der Waals surface area contributed by atoms with Gasteiger partial charge in [0.15, 0.2) is 0 Å². The van der Waals surface area contributed by atoms with Crippen molar-refractivity contribution >= 4 is 29.1 Å². The van der Waals surface area contributed by atoms with E-state index in [-0.39, 0.29) is 24.9 Å². The first-order valence-electron chi connectivity index (χ1n) is 8.42. The van der Waals surface area contributed by atoms with Gasteiger partial charge in [-0.25, -0.2) is 0 Å². The zero-order valence-electron chi connectivity index (χ0n) is 15.0. The number of hydrogen-bond donors (Lipinski definition) is 2. The Hall–Kier alpha value is -2.30. The SMILES string of the molecule is COc1ccc(Cl)cc1NC(=O)CN(C)CC(=O)NC1(C#N)CCCC1. The largest absolute Gasteiger partial charge is 0.495 e. The van der Waals surface area contributed by atoms with Gasteiger partial charge in [0.05, 0.1) is 32.0 Å². The lowest BCUT2D eigenvalue weighted by Gasteiger charge is -2.24.